The van der Waals surface area contributed by atoms with Gasteiger partial charge in [-0.25, -0.2) is 0 Å². The average Bonchev–Trinajstić information content (AvgIpc) is 3.12. The van der Waals surface area contributed by atoms with Gasteiger partial charge >= 0.3 is 0 Å². The largest absolute Gasteiger partial charge is 0.492 e. The van der Waals surface area contributed by atoms with E-state index in [4.69, 9.17) is 10.5 Å². The van der Waals surface area contributed by atoms with Crippen molar-refractivity contribution in [2.45, 2.75) is 19.3 Å². The second-order valence-electron chi connectivity index (χ2n) is 5.74. The first-order valence-electron chi connectivity index (χ1n) is 8.32. The third-order valence-corrected chi connectivity index (χ3v) is 4.81. The van der Waals surface area contributed by atoms with E-state index in [0.717, 1.165) is 29.8 Å². The minimum Gasteiger partial charge on any atom is -0.492 e. The Kier molecular flexibility index (Phi) is 8.17. The first kappa shape index (κ1) is 20.5. The molecule has 1 aromatic heterocycles. The summed E-state index contributed by atoms with van der Waals surface area (Å²) in [4.78, 5) is 17.0. The number of guanidine groups is 1. The highest BCUT2D eigenvalue weighted by atomic mass is 127. The highest BCUT2D eigenvalue weighted by Crippen LogP contribution is 2.26. The Morgan fingerprint density at radius 2 is 2.23 bits per heavy atom. The van der Waals surface area contributed by atoms with Crippen molar-refractivity contribution in [3.63, 3.8) is 0 Å². The van der Waals surface area contributed by atoms with Gasteiger partial charge in [-0.15, -0.1) is 35.3 Å². The number of ether oxygens (including phenoxy) is 1. The van der Waals surface area contributed by atoms with Crippen molar-refractivity contribution in [1.29, 1.82) is 0 Å². The van der Waals surface area contributed by atoms with E-state index in [9.17, 15) is 4.79 Å². The Labute approximate surface area is 174 Å². The molecule has 1 aromatic carbocycles. The predicted molar refractivity (Wildman–Crippen MR) is 117 cm³/mol. The summed E-state index contributed by atoms with van der Waals surface area (Å²) < 4.78 is 5.73. The third-order valence-electron chi connectivity index (χ3n) is 3.87. The Hall–Kier alpha value is -1.81. The minimum absolute atomic E-state index is 0. The highest BCUT2D eigenvalue weighted by molar-refractivity contribution is 14.0. The normalized spacial score (nSPS) is 13.4. The average molecular weight is 486 g/mol. The third kappa shape index (κ3) is 6.17. The van der Waals surface area contributed by atoms with Gasteiger partial charge in [0.2, 0.25) is 5.91 Å². The second kappa shape index (κ2) is 10.4. The molecular weight excluding hydrogens is 463 g/mol. The van der Waals surface area contributed by atoms with Crippen molar-refractivity contribution < 1.29 is 9.53 Å². The highest BCUT2D eigenvalue weighted by Gasteiger charge is 2.14. The molecule has 1 amide bonds. The topological polar surface area (TPSA) is 88.7 Å². The Bertz CT molecular complexity index is 750. The van der Waals surface area contributed by atoms with Crippen LogP contribution in [-0.4, -0.2) is 31.6 Å². The number of nitrogens with zero attached hydrogens (tertiary/aromatic N) is 1. The predicted octanol–water partition coefficient (Wildman–Crippen LogP) is 2.78. The van der Waals surface area contributed by atoms with Crippen LogP contribution in [0.15, 0.2) is 40.7 Å². The number of nitrogens with one attached hydrogen (secondary N) is 2. The summed E-state index contributed by atoms with van der Waals surface area (Å²) in [5.74, 6) is 1.30. The van der Waals surface area contributed by atoms with Gasteiger partial charge in [0.1, 0.15) is 12.4 Å². The number of carbonyl (C=O) groups is 1. The Morgan fingerprint density at radius 1 is 1.35 bits per heavy atom. The summed E-state index contributed by atoms with van der Waals surface area (Å²) in [5, 5.41) is 7.97. The molecule has 0 fully saturated rings. The summed E-state index contributed by atoms with van der Waals surface area (Å²) in [5.41, 5.74) is 7.83. The van der Waals surface area contributed by atoms with E-state index in [1.165, 1.54) is 4.88 Å². The fourth-order valence-electron chi connectivity index (χ4n) is 2.59. The molecule has 0 atom stereocenters. The number of aliphatic imine (C=N–C) groups is 1. The molecule has 6 nitrogen and oxygen atoms in total. The Morgan fingerprint density at radius 3 is 3.04 bits per heavy atom. The number of nitrogens with two attached hydrogens (primary N) is 1. The van der Waals surface area contributed by atoms with E-state index in [1.807, 2.05) is 24.3 Å². The number of thiophene rings is 1. The molecule has 2 heterocycles. The maximum Gasteiger partial charge on any atom is 0.224 e. The minimum atomic E-state index is 0. The number of benzene rings is 1. The Balaban J connectivity index is 0.00000243. The van der Waals surface area contributed by atoms with E-state index in [-0.39, 0.29) is 29.9 Å². The molecule has 0 unspecified atom stereocenters. The second-order valence-corrected chi connectivity index (χ2v) is 6.77. The van der Waals surface area contributed by atoms with Gasteiger partial charge in [0.05, 0.1) is 6.54 Å². The zero-order chi connectivity index (χ0) is 17.5. The first-order valence-corrected chi connectivity index (χ1v) is 9.20. The number of hydrogen-bond acceptors (Lipinski definition) is 4. The molecule has 4 N–H and O–H groups in total. The molecule has 3 rings (SSSR count). The van der Waals surface area contributed by atoms with Crippen molar-refractivity contribution in [3.05, 3.63) is 46.2 Å². The molecule has 1 aliphatic heterocycles. The van der Waals surface area contributed by atoms with Gasteiger partial charge < -0.3 is 21.1 Å². The van der Waals surface area contributed by atoms with Gasteiger partial charge in [-0.05, 0) is 41.6 Å². The number of amides is 1. The number of carbonyl (C=O) groups excluding carboxylic acids is 1. The zero-order valence-electron chi connectivity index (χ0n) is 14.4. The van der Waals surface area contributed by atoms with Gasteiger partial charge in [-0.2, -0.15) is 0 Å². The standard InChI is InChI=1S/C18H22N4O2S.HI/c19-18(20-8-7-15-2-1-11-25-15)21-9-10-24-14-4-5-16-13(12-14)3-6-17(23)22-16;/h1-2,4-5,11-12H,3,6-10H2,(H,22,23)(H3,19,20,21);1H. The molecule has 0 spiro atoms. The van der Waals surface area contributed by atoms with Crippen LogP contribution in [0.2, 0.25) is 0 Å². The van der Waals surface area contributed by atoms with E-state index in [1.54, 1.807) is 11.3 Å². The lowest BCUT2D eigenvalue weighted by Crippen LogP contribution is -2.35. The number of halogens is 1. The smallest absolute Gasteiger partial charge is 0.224 e. The van der Waals surface area contributed by atoms with Gasteiger partial charge in [0, 0.05) is 30.0 Å². The molecule has 8 heteroatoms. The molecule has 0 bridgehead atoms. The number of aryl methyl sites for hydroxylation is 1. The summed E-state index contributed by atoms with van der Waals surface area (Å²) in [6.45, 7) is 1.76. The van der Waals surface area contributed by atoms with Crippen molar-refractivity contribution in [2.24, 2.45) is 10.7 Å². The van der Waals surface area contributed by atoms with Gasteiger partial charge in [-0.1, -0.05) is 6.07 Å². The van der Waals surface area contributed by atoms with Gasteiger partial charge in [0.15, 0.2) is 5.96 Å². The van der Waals surface area contributed by atoms with Crippen LogP contribution in [0.25, 0.3) is 0 Å². The number of fused-ring (bicyclic) bond motifs is 1. The van der Waals surface area contributed by atoms with Crippen LogP contribution in [0.1, 0.15) is 16.9 Å². The molecule has 0 saturated heterocycles. The first-order chi connectivity index (χ1) is 12.2. The molecule has 2 aromatic rings. The van der Waals surface area contributed by atoms with Crippen LogP contribution in [0.3, 0.4) is 0 Å². The maximum atomic E-state index is 11.4. The van der Waals surface area contributed by atoms with Crippen LogP contribution in [0.5, 0.6) is 5.75 Å². The van der Waals surface area contributed by atoms with Crippen molar-refractivity contribution in [1.82, 2.24) is 5.32 Å². The lowest BCUT2D eigenvalue weighted by molar-refractivity contribution is -0.116. The van der Waals surface area contributed by atoms with Crippen molar-refractivity contribution in [3.8, 4) is 5.75 Å². The van der Waals surface area contributed by atoms with Crippen molar-refractivity contribution in [2.75, 3.05) is 25.0 Å². The van der Waals surface area contributed by atoms with Gasteiger partial charge in [-0.3, -0.25) is 9.79 Å². The molecule has 0 aliphatic carbocycles. The van der Waals surface area contributed by atoms with Crippen LogP contribution < -0.4 is 21.1 Å². The van der Waals surface area contributed by atoms with Crippen LogP contribution in [0, 0.1) is 0 Å². The maximum absolute atomic E-state index is 11.4. The number of hydrogen-bond donors (Lipinski definition) is 3. The SMILES string of the molecule is I.NC(=NCCc1cccs1)NCCOc1ccc2c(c1)CCC(=O)N2. The molecule has 1 aliphatic rings. The molecule has 0 radical (unpaired) electrons. The molecular formula is C18H23IN4O2S. The number of rotatable bonds is 7. The molecule has 26 heavy (non-hydrogen) atoms. The number of anilines is 1. The molecule has 140 valence electrons. The van der Waals surface area contributed by atoms with Crippen LogP contribution in [-0.2, 0) is 17.6 Å². The monoisotopic (exact) mass is 486 g/mol. The fourth-order valence-corrected chi connectivity index (χ4v) is 3.29. The summed E-state index contributed by atoms with van der Waals surface area (Å²) in [6, 6.07) is 9.87. The lowest BCUT2D eigenvalue weighted by Gasteiger charge is -2.17. The van der Waals surface area contributed by atoms with E-state index in [2.05, 4.69) is 27.1 Å². The molecule has 0 saturated carbocycles. The van der Waals surface area contributed by atoms with Crippen molar-refractivity contribution >= 4 is 52.9 Å². The van der Waals surface area contributed by atoms with E-state index >= 15 is 0 Å². The summed E-state index contributed by atoms with van der Waals surface area (Å²) in [7, 11) is 0. The zero-order valence-corrected chi connectivity index (χ0v) is 17.5. The summed E-state index contributed by atoms with van der Waals surface area (Å²) in [6.07, 6.45) is 2.18. The fraction of sp³-hybridized carbons (Fsp3) is 0.333. The lowest BCUT2D eigenvalue weighted by atomic mass is 10.0. The van der Waals surface area contributed by atoms with Crippen LogP contribution in [0.4, 0.5) is 5.69 Å². The van der Waals surface area contributed by atoms with Crippen LogP contribution >= 0.6 is 35.3 Å². The van der Waals surface area contributed by atoms with Gasteiger partial charge in [0.25, 0.3) is 0 Å². The van der Waals surface area contributed by atoms with E-state index in [0.29, 0.717) is 32.1 Å². The summed E-state index contributed by atoms with van der Waals surface area (Å²) >= 11 is 1.73. The van der Waals surface area contributed by atoms with E-state index < -0.39 is 0 Å². The quantitative estimate of drug-likeness (QED) is 0.243.